The molecule has 0 aromatic heterocycles. The molecule has 0 saturated carbocycles. The molecule has 2 aromatic carbocycles. The van der Waals surface area contributed by atoms with Crippen molar-refractivity contribution >= 4 is 11.8 Å². The van der Waals surface area contributed by atoms with Gasteiger partial charge in [-0.15, -0.1) is 0 Å². The van der Waals surface area contributed by atoms with Gasteiger partial charge in [0.2, 0.25) is 11.8 Å². The smallest absolute Gasteiger partial charge is 0.242 e. The highest BCUT2D eigenvalue weighted by Gasteiger charge is 2.42. The zero-order chi connectivity index (χ0) is 18.3. The van der Waals surface area contributed by atoms with Gasteiger partial charge in [-0.2, -0.15) is 0 Å². The van der Waals surface area contributed by atoms with Gasteiger partial charge < -0.3 is 10.6 Å². The molecule has 0 radical (unpaired) electrons. The van der Waals surface area contributed by atoms with Crippen LogP contribution in [0, 0.1) is 5.92 Å². The molecule has 0 unspecified atom stereocenters. The van der Waals surface area contributed by atoms with Gasteiger partial charge >= 0.3 is 0 Å². The van der Waals surface area contributed by atoms with E-state index in [2.05, 4.69) is 59.2 Å². The number of hydrogen-bond acceptors (Lipinski definition) is 2. The van der Waals surface area contributed by atoms with Crippen molar-refractivity contribution in [2.75, 3.05) is 6.54 Å². The van der Waals surface area contributed by atoms with Crippen molar-refractivity contribution in [2.45, 2.75) is 38.1 Å². The third kappa shape index (κ3) is 2.79. The Morgan fingerprint density at radius 2 is 1.54 bits per heavy atom. The van der Waals surface area contributed by atoms with Crippen LogP contribution in [0.3, 0.4) is 0 Å². The summed E-state index contributed by atoms with van der Waals surface area (Å²) < 4.78 is 0. The summed E-state index contributed by atoms with van der Waals surface area (Å²) in [7, 11) is 0. The summed E-state index contributed by atoms with van der Waals surface area (Å²) >= 11 is 0. The highest BCUT2D eigenvalue weighted by molar-refractivity contribution is 5.86. The fourth-order valence-electron chi connectivity index (χ4n) is 4.72. The minimum atomic E-state index is -0.507. The van der Waals surface area contributed by atoms with Gasteiger partial charge in [-0.05, 0) is 41.5 Å². The van der Waals surface area contributed by atoms with Crippen molar-refractivity contribution < 1.29 is 9.59 Å². The lowest BCUT2D eigenvalue weighted by Gasteiger charge is -2.45. The molecule has 2 N–H and O–H groups in total. The lowest BCUT2D eigenvalue weighted by atomic mass is 9.59. The first-order chi connectivity index (χ1) is 12.6. The number of fused-ring (bicyclic) bond motifs is 1. The molecule has 2 bridgehead atoms. The molecule has 0 saturated heterocycles. The van der Waals surface area contributed by atoms with Crippen LogP contribution in [0.5, 0.6) is 0 Å². The first-order valence-corrected chi connectivity index (χ1v) is 9.28. The van der Waals surface area contributed by atoms with E-state index in [0.29, 0.717) is 24.3 Å². The van der Waals surface area contributed by atoms with E-state index >= 15 is 0 Å². The van der Waals surface area contributed by atoms with Crippen LogP contribution in [0.1, 0.15) is 54.4 Å². The second-order valence-electron chi connectivity index (χ2n) is 7.45. The van der Waals surface area contributed by atoms with Gasteiger partial charge in [0.15, 0.2) is 0 Å². The van der Waals surface area contributed by atoms with Gasteiger partial charge in [0.05, 0.1) is 0 Å². The molecule has 5 rings (SSSR count). The highest BCUT2D eigenvalue weighted by atomic mass is 16.2. The minimum Gasteiger partial charge on any atom is -0.354 e. The van der Waals surface area contributed by atoms with Gasteiger partial charge in [-0.3, -0.25) is 9.59 Å². The van der Waals surface area contributed by atoms with Crippen LogP contribution in [-0.2, 0) is 9.59 Å². The lowest BCUT2D eigenvalue weighted by molar-refractivity contribution is -0.127. The largest absolute Gasteiger partial charge is 0.354 e. The predicted octanol–water partition coefficient (Wildman–Crippen LogP) is 2.92. The molecule has 0 spiro atoms. The fourth-order valence-corrected chi connectivity index (χ4v) is 4.72. The van der Waals surface area contributed by atoms with Crippen LogP contribution in [0.2, 0.25) is 0 Å². The monoisotopic (exact) mass is 348 g/mol. The molecular weight excluding hydrogens is 324 g/mol. The molecule has 4 heteroatoms. The number of hydrogen-bond donors (Lipinski definition) is 2. The fraction of sp³-hybridized carbons (Fsp3) is 0.364. The van der Waals surface area contributed by atoms with Crippen LogP contribution in [-0.4, -0.2) is 24.4 Å². The van der Waals surface area contributed by atoms with Gasteiger partial charge in [-0.25, -0.2) is 0 Å². The number of amides is 2. The zero-order valence-corrected chi connectivity index (χ0v) is 15.2. The van der Waals surface area contributed by atoms with E-state index in [1.165, 1.54) is 29.2 Å². The molecule has 0 aliphatic heterocycles. The van der Waals surface area contributed by atoms with Crippen molar-refractivity contribution in [3.05, 3.63) is 70.8 Å². The number of carbonyl (C=O) groups is 2. The Morgan fingerprint density at radius 1 is 1.00 bits per heavy atom. The molecule has 0 fully saturated rings. The van der Waals surface area contributed by atoms with E-state index in [4.69, 9.17) is 0 Å². The van der Waals surface area contributed by atoms with Crippen molar-refractivity contribution in [3.8, 4) is 0 Å². The van der Waals surface area contributed by atoms with E-state index in [0.717, 1.165) is 6.42 Å². The van der Waals surface area contributed by atoms with Gasteiger partial charge in [0.25, 0.3) is 0 Å². The summed E-state index contributed by atoms with van der Waals surface area (Å²) in [6, 6.07) is 16.9. The molecule has 2 amide bonds. The van der Waals surface area contributed by atoms with Crippen LogP contribution >= 0.6 is 0 Å². The summed E-state index contributed by atoms with van der Waals surface area (Å²) in [5.74, 6) is 0.791. The summed E-state index contributed by atoms with van der Waals surface area (Å²) in [6.07, 6.45) is 1.05. The van der Waals surface area contributed by atoms with Crippen LogP contribution in [0.25, 0.3) is 0 Å². The van der Waals surface area contributed by atoms with E-state index < -0.39 is 6.04 Å². The quantitative estimate of drug-likeness (QED) is 0.892. The Balaban J connectivity index is 1.57. The maximum absolute atomic E-state index is 12.3. The lowest BCUT2D eigenvalue weighted by Crippen LogP contribution is -2.47. The van der Waals surface area contributed by atoms with E-state index in [-0.39, 0.29) is 11.8 Å². The molecule has 2 atom stereocenters. The third-order valence-corrected chi connectivity index (χ3v) is 5.77. The van der Waals surface area contributed by atoms with E-state index in [9.17, 15) is 9.59 Å². The molecule has 26 heavy (non-hydrogen) atoms. The normalized spacial score (nSPS) is 23.5. The molecule has 134 valence electrons. The molecule has 0 heterocycles. The second kappa shape index (κ2) is 6.60. The second-order valence-corrected chi connectivity index (χ2v) is 7.45. The Labute approximate surface area is 154 Å². The SMILES string of the molecule is CC(=O)N[C@H](C)C(=O)NC[C@@H]1CC2c3ccccc3C1c1ccccc12. The van der Waals surface area contributed by atoms with E-state index in [1.54, 1.807) is 6.92 Å². The molecule has 3 aliphatic rings. The van der Waals surface area contributed by atoms with Crippen molar-refractivity contribution in [3.63, 3.8) is 0 Å². The third-order valence-electron chi connectivity index (χ3n) is 5.77. The Bertz CT molecular complexity index is 813. The van der Waals surface area contributed by atoms with Gasteiger partial charge in [-0.1, -0.05) is 48.5 Å². The summed E-state index contributed by atoms with van der Waals surface area (Å²) in [5.41, 5.74) is 5.67. The van der Waals surface area contributed by atoms with E-state index in [1.807, 2.05) is 0 Å². The molecule has 3 aliphatic carbocycles. The standard InChI is InChI=1S/C22H24N2O2/c1-13(24-14(2)25)22(26)23-12-15-11-20-16-7-3-5-9-18(16)21(15)19-10-6-4-8-17(19)20/h3-10,13,15,20-21H,11-12H2,1-2H3,(H,23,26)(H,24,25)/t13-,15+,20?,21?/m1/s1. The number of carbonyl (C=O) groups excluding carboxylic acids is 2. The number of benzene rings is 2. The Kier molecular flexibility index (Phi) is 4.27. The summed E-state index contributed by atoms with van der Waals surface area (Å²) in [4.78, 5) is 23.4. The van der Waals surface area contributed by atoms with Crippen molar-refractivity contribution in [2.24, 2.45) is 5.92 Å². The average Bonchev–Trinajstić information content (AvgIpc) is 2.65. The predicted molar refractivity (Wildman–Crippen MR) is 101 cm³/mol. The average molecular weight is 348 g/mol. The Morgan fingerprint density at radius 3 is 2.08 bits per heavy atom. The maximum Gasteiger partial charge on any atom is 0.242 e. The van der Waals surface area contributed by atoms with Crippen molar-refractivity contribution in [1.29, 1.82) is 0 Å². The van der Waals surface area contributed by atoms with Gasteiger partial charge in [0.1, 0.15) is 6.04 Å². The summed E-state index contributed by atoms with van der Waals surface area (Å²) in [6.45, 7) is 3.78. The van der Waals surface area contributed by atoms with Crippen molar-refractivity contribution in [1.82, 2.24) is 10.6 Å². The topological polar surface area (TPSA) is 58.2 Å². The number of rotatable bonds is 4. The molecule has 4 nitrogen and oxygen atoms in total. The first kappa shape index (κ1) is 16.8. The minimum absolute atomic E-state index is 0.122. The highest BCUT2D eigenvalue weighted by Crippen LogP contribution is 2.55. The van der Waals surface area contributed by atoms with Crippen LogP contribution < -0.4 is 10.6 Å². The zero-order valence-electron chi connectivity index (χ0n) is 15.2. The number of nitrogens with one attached hydrogen (secondary N) is 2. The maximum atomic E-state index is 12.3. The van der Waals surface area contributed by atoms with Crippen LogP contribution in [0.15, 0.2) is 48.5 Å². The first-order valence-electron chi connectivity index (χ1n) is 9.28. The molecule has 2 aromatic rings. The van der Waals surface area contributed by atoms with Crippen LogP contribution in [0.4, 0.5) is 0 Å². The van der Waals surface area contributed by atoms with Gasteiger partial charge in [0, 0.05) is 25.3 Å². The molecular formula is C22H24N2O2. The Hall–Kier alpha value is -2.62. The summed E-state index contributed by atoms with van der Waals surface area (Å²) in [5, 5.41) is 5.69.